The lowest BCUT2D eigenvalue weighted by molar-refractivity contribution is 0.368. The highest BCUT2D eigenvalue weighted by molar-refractivity contribution is 5.91. The molecule has 4 aromatic heterocycles. The quantitative estimate of drug-likeness (QED) is 0.203. The fourth-order valence-electron chi connectivity index (χ4n) is 5.32. The van der Waals surface area contributed by atoms with Gasteiger partial charge in [-0.2, -0.15) is 5.10 Å². The first-order chi connectivity index (χ1) is 20.5. The molecule has 0 saturated carbocycles. The summed E-state index contributed by atoms with van der Waals surface area (Å²) < 4.78 is 0. The minimum Gasteiger partial charge on any atom is -0.359 e. The van der Waals surface area contributed by atoms with Crippen LogP contribution < -0.4 is 21.2 Å². The Bertz CT molecular complexity index is 1780. The molecular weight excluding hydrogens is 520 g/mol. The van der Waals surface area contributed by atoms with E-state index in [9.17, 15) is 0 Å². The first-order valence-corrected chi connectivity index (χ1v) is 14.3. The average molecular weight is 559 g/mol. The van der Waals surface area contributed by atoms with Crippen LogP contribution in [0.2, 0.25) is 0 Å². The van der Waals surface area contributed by atoms with Gasteiger partial charge in [0.1, 0.15) is 5.69 Å². The lowest BCUT2D eigenvalue weighted by Gasteiger charge is -2.24. The Labute approximate surface area is 246 Å². The van der Waals surface area contributed by atoms with Gasteiger partial charge in [0.25, 0.3) is 0 Å². The number of hydrogen-bond donors (Lipinski definition) is 4. The van der Waals surface area contributed by atoms with Gasteiger partial charge < -0.3 is 15.6 Å². The van der Waals surface area contributed by atoms with Gasteiger partial charge in [0.2, 0.25) is 0 Å². The molecule has 4 N–H and O–H groups in total. The van der Waals surface area contributed by atoms with Crippen LogP contribution in [0.25, 0.3) is 46.0 Å². The van der Waals surface area contributed by atoms with Crippen molar-refractivity contribution in [3.63, 3.8) is 0 Å². The van der Waals surface area contributed by atoms with Crippen molar-refractivity contribution in [1.29, 1.82) is 0 Å². The molecule has 5 heterocycles. The van der Waals surface area contributed by atoms with Crippen LogP contribution in [-0.4, -0.2) is 43.2 Å². The summed E-state index contributed by atoms with van der Waals surface area (Å²) in [5.41, 5.74) is 7.79. The lowest BCUT2D eigenvalue weighted by Crippen LogP contribution is -2.28. The van der Waals surface area contributed by atoms with E-state index < -0.39 is 0 Å². The van der Waals surface area contributed by atoms with Gasteiger partial charge in [0, 0.05) is 46.3 Å². The van der Waals surface area contributed by atoms with E-state index in [2.05, 4.69) is 61.6 Å². The highest BCUT2D eigenvalue weighted by Gasteiger charge is 2.16. The molecular formula is C34H38N8. The van der Waals surface area contributed by atoms with Gasteiger partial charge in [-0.15, -0.1) is 0 Å². The van der Waals surface area contributed by atoms with Gasteiger partial charge in [-0.1, -0.05) is 38.0 Å². The molecule has 0 spiro atoms. The maximum absolute atomic E-state index is 4.80. The Kier molecular flexibility index (Phi) is 9.04. The number of hydrogen-bond acceptors (Lipinski definition) is 6. The highest BCUT2D eigenvalue weighted by Crippen LogP contribution is 2.27. The number of H-pyrrole nitrogens is 2. The number of imidazole rings is 1. The van der Waals surface area contributed by atoms with Gasteiger partial charge >= 0.3 is 0 Å². The normalized spacial score (nSPS) is 15.8. The third-order valence-electron chi connectivity index (χ3n) is 7.56. The molecule has 0 radical (unpaired) electrons. The second-order valence-corrected chi connectivity index (χ2v) is 10.4. The summed E-state index contributed by atoms with van der Waals surface area (Å²) >= 11 is 0. The van der Waals surface area contributed by atoms with Crippen LogP contribution in [0.5, 0.6) is 0 Å². The van der Waals surface area contributed by atoms with Gasteiger partial charge in [-0.05, 0) is 93.6 Å². The van der Waals surface area contributed by atoms with Crippen LogP contribution in [0.1, 0.15) is 33.1 Å². The van der Waals surface area contributed by atoms with Crippen molar-refractivity contribution in [2.75, 3.05) is 13.1 Å². The fourth-order valence-corrected chi connectivity index (χ4v) is 5.32. The molecule has 8 nitrogen and oxygen atoms in total. The van der Waals surface area contributed by atoms with Crippen molar-refractivity contribution in [2.45, 2.75) is 33.1 Å². The molecule has 5 rings (SSSR count). The first-order valence-electron chi connectivity index (χ1n) is 14.3. The van der Waals surface area contributed by atoms with Gasteiger partial charge in [-0.3, -0.25) is 10.1 Å². The van der Waals surface area contributed by atoms with Crippen molar-refractivity contribution < 1.29 is 0 Å². The zero-order valence-electron chi connectivity index (χ0n) is 24.4. The number of rotatable bonds is 10. The molecule has 214 valence electrons. The van der Waals surface area contributed by atoms with E-state index in [0.29, 0.717) is 23.1 Å². The molecule has 0 unspecified atom stereocenters. The first kappa shape index (κ1) is 28.7. The van der Waals surface area contributed by atoms with Crippen LogP contribution in [-0.2, 0) is 0 Å². The summed E-state index contributed by atoms with van der Waals surface area (Å²) in [7, 11) is 0. The van der Waals surface area contributed by atoms with E-state index in [0.717, 1.165) is 69.3 Å². The summed E-state index contributed by atoms with van der Waals surface area (Å²) in [5.74, 6) is 1.27. The van der Waals surface area contributed by atoms with Crippen molar-refractivity contribution in [3.05, 3.63) is 108 Å². The summed E-state index contributed by atoms with van der Waals surface area (Å²) in [6.45, 7) is 18.8. The summed E-state index contributed by atoms with van der Waals surface area (Å²) in [6, 6.07) is 5.90. The smallest absolute Gasteiger partial charge is 0.178 e. The molecule has 1 aliphatic heterocycles. The molecule has 0 bridgehead atoms. The van der Waals surface area contributed by atoms with E-state index >= 15 is 0 Å². The maximum atomic E-state index is 4.80. The van der Waals surface area contributed by atoms with Crippen molar-refractivity contribution >= 4 is 23.3 Å². The second kappa shape index (κ2) is 13.2. The van der Waals surface area contributed by atoms with E-state index in [4.69, 9.17) is 4.98 Å². The zero-order chi connectivity index (χ0) is 29.5. The Morgan fingerprint density at radius 1 is 1.14 bits per heavy atom. The predicted octanol–water partition coefficient (Wildman–Crippen LogP) is 5.06. The number of aromatic amines is 2. The Balaban J connectivity index is 1.45. The monoisotopic (exact) mass is 558 g/mol. The third kappa shape index (κ3) is 6.39. The molecule has 0 atom stereocenters. The topological polar surface area (TPSA) is 107 Å². The summed E-state index contributed by atoms with van der Waals surface area (Å²) in [5, 5.41) is 16.4. The molecule has 4 aromatic rings. The molecule has 1 saturated heterocycles. The number of aromatic nitrogens is 6. The number of fused-ring (bicyclic) bond motifs is 1. The SMILES string of the molecule is C=C/C(=C\C(=C/C)C(=C)/C=c1/c(-c2nc3nccc(-c4cccnc4)c3[nH]2)n[nH]/c1=C/C)NC(=C)CC1CCNCC1. The number of nitrogens with zero attached hydrogens (tertiary/aromatic N) is 4. The number of piperidine rings is 1. The van der Waals surface area contributed by atoms with E-state index in [1.54, 1.807) is 12.4 Å². The summed E-state index contributed by atoms with van der Waals surface area (Å²) in [6.07, 6.45) is 18.6. The van der Waals surface area contributed by atoms with Gasteiger partial charge in [-0.25, -0.2) is 9.97 Å². The maximum Gasteiger partial charge on any atom is 0.178 e. The van der Waals surface area contributed by atoms with Crippen LogP contribution in [0.15, 0.2) is 97.3 Å². The predicted molar refractivity (Wildman–Crippen MR) is 172 cm³/mol. The minimum atomic E-state index is 0.615. The van der Waals surface area contributed by atoms with Gasteiger partial charge in [0.15, 0.2) is 11.5 Å². The van der Waals surface area contributed by atoms with Crippen molar-refractivity contribution in [2.24, 2.45) is 5.92 Å². The van der Waals surface area contributed by atoms with Crippen molar-refractivity contribution in [3.8, 4) is 22.6 Å². The van der Waals surface area contributed by atoms with E-state index in [1.807, 2.05) is 62.5 Å². The minimum absolute atomic E-state index is 0.615. The molecule has 0 amide bonds. The number of allylic oxidation sites excluding steroid dienone is 6. The third-order valence-corrected chi connectivity index (χ3v) is 7.56. The van der Waals surface area contributed by atoms with Crippen LogP contribution >= 0.6 is 0 Å². The Morgan fingerprint density at radius 3 is 2.69 bits per heavy atom. The molecule has 42 heavy (non-hydrogen) atoms. The van der Waals surface area contributed by atoms with Crippen LogP contribution in [0.4, 0.5) is 0 Å². The lowest BCUT2D eigenvalue weighted by atomic mass is 9.93. The van der Waals surface area contributed by atoms with Crippen LogP contribution in [0, 0.1) is 5.92 Å². The largest absolute Gasteiger partial charge is 0.359 e. The molecule has 0 aromatic carbocycles. The van der Waals surface area contributed by atoms with E-state index in [1.165, 1.54) is 12.8 Å². The zero-order valence-corrected chi connectivity index (χ0v) is 24.4. The molecule has 0 aliphatic carbocycles. The van der Waals surface area contributed by atoms with E-state index in [-0.39, 0.29) is 0 Å². The second-order valence-electron chi connectivity index (χ2n) is 10.4. The Hall–Kier alpha value is -4.82. The number of pyridine rings is 2. The molecule has 1 aliphatic rings. The average Bonchev–Trinajstić information content (AvgIpc) is 3.63. The number of nitrogens with one attached hydrogen (secondary N) is 4. The molecule has 8 heteroatoms. The summed E-state index contributed by atoms with van der Waals surface area (Å²) in [4.78, 5) is 17.0. The van der Waals surface area contributed by atoms with Crippen LogP contribution in [0.3, 0.4) is 0 Å². The Morgan fingerprint density at radius 2 is 1.98 bits per heavy atom. The highest BCUT2D eigenvalue weighted by atomic mass is 15.1. The van der Waals surface area contributed by atoms with Gasteiger partial charge in [0.05, 0.1) is 10.9 Å². The fraction of sp³-hybridized carbons (Fsp3) is 0.235. The molecule has 1 fully saturated rings. The standard InChI is InChI=1S/C34H38N8/c1-6-25(20-27(7-2)38-23(5)19-24-11-15-35-16-12-24)22(4)18-29-30(8-3)41-42-32(29)34-39-31-28(13-17-37-33(31)40-34)26-10-9-14-36-21-26/h6-10,13-14,17-18,20-21,24,35,38,41H,2,4-5,11-12,15-16,19H2,1,3H3,(H,37,39,40)/b25-6+,27-20+,29-18+,30-8+. The van der Waals surface area contributed by atoms with Crippen molar-refractivity contribution in [1.82, 2.24) is 40.8 Å².